The highest BCUT2D eigenvalue weighted by molar-refractivity contribution is 5.44. The number of phenolic OH excluding ortho intramolecular Hbond substituents is 1. The first-order valence-corrected chi connectivity index (χ1v) is 6.98. The number of aromatic hydroxyl groups is 1. The van der Waals surface area contributed by atoms with Crippen molar-refractivity contribution in [3.63, 3.8) is 0 Å². The van der Waals surface area contributed by atoms with Crippen molar-refractivity contribution >= 4 is 0 Å². The van der Waals surface area contributed by atoms with Gasteiger partial charge in [-0.1, -0.05) is 0 Å². The molecule has 2 aliphatic heterocycles. The van der Waals surface area contributed by atoms with E-state index in [0.717, 1.165) is 25.5 Å². The zero-order valence-electron chi connectivity index (χ0n) is 11.3. The van der Waals surface area contributed by atoms with Crippen molar-refractivity contribution in [3.8, 4) is 11.5 Å². The molecule has 1 saturated heterocycles. The molecule has 4 nitrogen and oxygen atoms in total. The molecule has 4 heteroatoms. The van der Waals surface area contributed by atoms with Gasteiger partial charge in [0.25, 0.3) is 0 Å². The highest BCUT2D eigenvalue weighted by atomic mass is 16.5. The molecule has 2 atom stereocenters. The standard InChI is InChI=1S/C15H21NO3/c1-16(8-11-3-2-6-18-9-11)14-10-19-15-7-12(17)4-5-13(14)15/h4-5,7,11,14,17H,2-3,6,8-10H2,1H3. The molecule has 0 radical (unpaired) electrons. The van der Waals surface area contributed by atoms with Gasteiger partial charge in [0.1, 0.15) is 18.1 Å². The van der Waals surface area contributed by atoms with Gasteiger partial charge in [0.2, 0.25) is 0 Å². The number of likely N-dealkylation sites (N-methyl/N-ethyl adjacent to an activating group) is 1. The van der Waals surface area contributed by atoms with Crippen LogP contribution < -0.4 is 4.74 Å². The molecule has 0 bridgehead atoms. The van der Waals surface area contributed by atoms with E-state index < -0.39 is 0 Å². The van der Waals surface area contributed by atoms with Crippen LogP contribution in [-0.2, 0) is 4.74 Å². The predicted octanol–water partition coefficient (Wildman–Crippen LogP) is 2.18. The number of rotatable bonds is 3. The van der Waals surface area contributed by atoms with E-state index in [9.17, 15) is 5.11 Å². The molecule has 1 N–H and O–H groups in total. The molecule has 2 heterocycles. The Kier molecular flexibility index (Phi) is 3.62. The van der Waals surface area contributed by atoms with Gasteiger partial charge in [-0.3, -0.25) is 4.90 Å². The van der Waals surface area contributed by atoms with E-state index in [1.165, 1.54) is 18.4 Å². The first-order valence-electron chi connectivity index (χ1n) is 6.98. The molecular formula is C15H21NO3. The third-order valence-corrected chi connectivity index (χ3v) is 4.09. The number of hydrogen-bond donors (Lipinski definition) is 1. The summed E-state index contributed by atoms with van der Waals surface area (Å²) in [4.78, 5) is 2.35. The van der Waals surface area contributed by atoms with Crippen LogP contribution in [0.25, 0.3) is 0 Å². The fourth-order valence-corrected chi connectivity index (χ4v) is 3.03. The zero-order valence-corrected chi connectivity index (χ0v) is 11.3. The molecular weight excluding hydrogens is 242 g/mol. The summed E-state index contributed by atoms with van der Waals surface area (Å²) in [6.07, 6.45) is 2.42. The van der Waals surface area contributed by atoms with E-state index in [1.54, 1.807) is 12.1 Å². The fraction of sp³-hybridized carbons (Fsp3) is 0.600. The normalized spacial score (nSPS) is 26.2. The van der Waals surface area contributed by atoms with Crippen LogP contribution in [0, 0.1) is 5.92 Å². The molecule has 0 spiro atoms. The van der Waals surface area contributed by atoms with Gasteiger partial charge in [0.15, 0.2) is 0 Å². The Bertz CT molecular complexity index is 443. The number of fused-ring (bicyclic) bond motifs is 1. The van der Waals surface area contributed by atoms with Gasteiger partial charge in [-0.25, -0.2) is 0 Å². The average Bonchev–Trinajstić information content (AvgIpc) is 2.82. The highest BCUT2D eigenvalue weighted by Crippen LogP contribution is 2.38. The predicted molar refractivity (Wildman–Crippen MR) is 72.5 cm³/mol. The summed E-state index contributed by atoms with van der Waals surface area (Å²) < 4.78 is 11.2. The Morgan fingerprint density at radius 1 is 1.37 bits per heavy atom. The van der Waals surface area contributed by atoms with Crippen molar-refractivity contribution < 1.29 is 14.6 Å². The van der Waals surface area contributed by atoms with Crippen molar-refractivity contribution in [2.24, 2.45) is 5.92 Å². The minimum absolute atomic E-state index is 0.266. The van der Waals surface area contributed by atoms with Gasteiger partial charge in [0.05, 0.1) is 12.6 Å². The number of nitrogens with zero attached hydrogens (tertiary/aromatic N) is 1. The quantitative estimate of drug-likeness (QED) is 0.907. The maximum absolute atomic E-state index is 9.47. The lowest BCUT2D eigenvalue weighted by molar-refractivity contribution is 0.0344. The van der Waals surface area contributed by atoms with Crippen LogP contribution in [0.5, 0.6) is 11.5 Å². The first-order chi connectivity index (χ1) is 9.24. The number of hydrogen-bond acceptors (Lipinski definition) is 4. The lowest BCUT2D eigenvalue weighted by Gasteiger charge is -2.30. The zero-order chi connectivity index (χ0) is 13.2. The summed E-state index contributed by atoms with van der Waals surface area (Å²) in [6, 6.07) is 5.69. The minimum Gasteiger partial charge on any atom is -0.508 e. The largest absolute Gasteiger partial charge is 0.508 e. The summed E-state index contributed by atoms with van der Waals surface area (Å²) in [5, 5.41) is 9.47. The van der Waals surface area contributed by atoms with Crippen LogP contribution in [0.3, 0.4) is 0 Å². The van der Waals surface area contributed by atoms with E-state index in [4.69, 9.17) is 9.47 Å². The van der Waals surface area contributed by atoms with Gasteiger partial charge in [-0.15, -0.1) is 0 Å². The topological polar surface area (TPSA) is 41.9 Å². The van der Waals surface area contributed by atoms with E-state index >= 15 is 0 Å². The summed E-state index contributed by atoms with van der Waals surface area (Å²) in [5.41, 5.74) is 1.18. The highest BCUT2D eigenvalue weighted by Gasteiger charge is 2.29. The van der Waals surface area contributed by atoms with Crippen molar-refractivity contribution in [1.82, 2.24) is 4.90 Å². The summed E-state index contributed by atoms with van der Waals surface area (Å²) in [5.74, 6) is 1.71. The third kappa shape index (κ3) is 2.69. The SMILES string of the molecule is CN(CC1CCCOC1)C1COc2cc(O)ccc21. The van der Waals surface area contributed by atoms with Crippen LogP contribution in [0.1, 0.15) is 24.4 Å². The molecule has 19 heavy (non-hydrogen) atoms. The van der Waals surface area contributed by atoms with Crippen molar-refractivity contribution in [3.05, 3.63) is 23.8 Å². The van der Waals surface area contributed by atoms with Crippen LogP contribution in [0.15, 0.2) is 18.2 Å². The summed E-state index contributed by atoms with van der Waals surface area (Å²) >= 11 is 0. The molecule has 1 aromatic rings. The van der Waals surface area contributed by atoms with Crippen LogP contribution in [0.4, 0.5) is 0 Å². The maximum Gasteiger partial charge on any atom is 0.127 e. The molecule has 2 aliphatic rings. The second kappa shape index (κ2) is 5.39. The number of phenols is 1. The lowest BCUT2D eigenvalue weighted by Crippen LogP contribution is -2.34. The molecule has 0 aliphatic carbocycles. The maximum atomic E-state index is 9.47. The smallest absolute Gasteiger partial charge is 0.127 e. The monoisotopic (exact) mass is 263 g/mol. The molecule has 104 valence electrons. The summed E-state index contributed by atoms with van der Waals surface area (Å²) in [7, 11) is 2.14. The fourth-order valence-electron chi connectivity index (χ4n) is 3.03. The van der Waals surface area contributed by atoms with E-state index in [2.05, 4.69) is 11.9 Å². The second-order valence-electron chi connectivity index (χ2n) is 5.57. The third-order valence-electron chi connectivity index (χ3n) is 4.09. The minimum atomic E-state index is 0.266. The number of ether oxygens (including phenoxy) is 2. The summed E-state index contributed by atoms with van der Waals surface area (Å²) in [6.45, 7) is 3.49. The molecule has 2 unspecified atom stereocenters. The Morgan fingerprint density at radius 2 is 2.26 bits per heavy atom. The molecule has 1 aromatic carbocycles. The molecule has 3 rings (SSSR count). The first kappa shape index (κ1) is 12.8. The Hall–Kier alpha value is -1.26. The van der Waals surface area contributed by atoms with Gasteiger partial charge in [-0.2, -0.15) is 0 Å². The lowest BCUT2D eigenvalue weighted by atomic mass is 10.00. The molecule has 0 saturated carbocycles. The van der Waals surface area contributed by atoms with Crippen LogP contribution in [-0.4, -0.2) is 43.4 Å². The Balaban J connectivity index is 1.67. The van der Waals surface area contributed by atoms with E-state index in [1.807, 2.05) is 6.07 Å². The van der Waals surface area contributed by atoms with E-state index in [-0.39, 0.29) is 11.8 Å². The van der Waals surface area contributed by atoms with Crippen LogP contribution >= 0.6 is 0 Å². The van der Waals surface area contributed by atoms with Gasteiger partial charge in [0, 0.05) is 24.8 Å². The Labute approximate surface area is 113 Å². The molecule has 1 fully saturated rings. The van der Waals surface area contributed by atoms with Gasteiger partial charge in [-0.05, 0) is 37.9 Å². The van der Waals surface area contributed by atoms with Crippen molar-refractivity contribution in [2.45, 2.75) is 18.9 Å². The van der Waals surface area contributed by atoms with E-state index in [0.29, 0.717) is 12.5 Å². The number of benzene rings is 1. The van der Waals surface area contributed by atoms with Crippen molar-refractivity contribution in [2.75, 3.05) is 33.4 Å². The van der Waals surface area contributed by atoms with Gasteiger partial charge < -0.3 is 14.6 Å². The second-order valence-corrected chi connectivity index (χ2v) is 5.57. The molecule has 0 aromatic heterocycles. The molecule has 0 amide bonds. The average molecular weight is 263 g/mol. The van der Waals surface area contributed by atoms with Crippen LogP contribution in [0.2, 0.25) is 0 Å². The van der Waals surface area contributed by atoms with Crippen molar-refractivity contribution in [1.29, 1.82) is 0 Å². The van der Waals surface area contributed by atoms with Gasteiger partial charge >= 0.3 is 0 Å². The Morgan fingerprint density at radius 3 is 3.05 bits per heavy atom.